The van der Waals surface area contributed by atoms with Gasteiger partial charge in [-0.3, -0.25) is 0 Å². The highest BCUT2D eigenvalue weighted by molar-refractivity contribution is 6.09. The van der Waals surface area contributed by atoms with Gasteiger partial charge >= 0.3 is 6.09 Å². The molecule has 0 saturated heterocycles. The van der Waals surface area contributed by atoms with Crippen molar-refractivity contribution in [3.05, 3.63) is 71.3 Å². The molecule has 0 spiro atoms. The lowest BCUT2D eigenvalue weighted by Crippen LogP contribution is -2.18. The summed E-state index contributed by atoms with van der Waals surface area (Å²) in [5.41, 5.74) is 6.87. The number of rotatable bonds is 5. The zero-order chi connectivity index (χ0) is 22.0. The third kappa shape index (κ3) is 4.23. The molecule has 0 bridgehead atoms. The number of carbonyl (C=O) groups is 1. The van der Waals surface area contributed by atoms with E-state index in [4.69, 9.17) is 14.5 Å². The van der Waals surface area contributed by atoms with Gasteiger partial charge in [-0.15, -0.1) is 0 Å². The van der Waals surface area contributed by atoms with Crippen LogP contribution in [0.15, 0.2) is 54.6 Å². The molecule has 1 aromatic heterocycles. The van der Waals surface area contributed by atoms with Gasteiger partial charge in [0.05, 0.1) is 23.8 Å². The van der Waals surface area contributed by atoms with Gasteiger partial charge < -0.3 is 20.1 Å². The minimum absolute atomic E-state index is 0.219. The fourth-order valence-electron chi connectivity index (χ4n) is 3.59. The highest BCUT2D eigenvalue weighted by atomic mass is 16.5. The van der Waals surface area contributed by atoms with E-state index in [2.05, 4.69) is 35.8 Å². The molecule has 158 valence electrons. The highest BCUT2D eigenvalue weighted by Gasteiger charge is 2.13. The summed E-state index contributed by atoms with van der Waals surface area (Å²) in [6.07, 6.45) is -0.448. The minimum Gasteiger partial charge on any atom is -0.496 e. The van der Waals surface area contributed by atoms with Crippen LogP contribution >= 0.6 is 0 Å². The molecule has 4 rings (SSSR count). The molecule has 0 fully saturated rings. The molecule has 3 aromatic carbocycles. The summed E-state index contributed by atoms with van der Waals surface area (Å²) in [7, 11) is 3.22. The number of hydrogen-bond donors (Lipinski definition) is 2. The number of nitrogens with zero attached hydrogens (tertiary/aromatic N) is 1. The largest absolute Gasteiger partial charge is 0.496 e. The summed E-state index contributed by atoms with van der Waals surface area (Å²) in [6.45, 7) is 4.31. The van der Waals surface area contributed by atoms with Crippen LogP contribution in [-0.4, -0.2) is 25.2 Å². The van der Waals surface area contributed by atoms with Gasteiger partial charge in [0, 0.05) is 23.5 Å². The number of nitrogens with one attached hydrogen (secondary N) is 2. The van der Waals surface area contributed by atoms with Crippen LogP contribution in [0.25, 0.3) is 21.8 Å². The summed E-state index contributed by atoms with van der Waals surface area (Å²) in [6, 6.07) is 18.2. The highest BCUT2D eigenvalue weighted by Crippen LogP contribution is 2.36. The van der Waals surface area contributed by atoms with E-state index in [9.17, 15) is 4.79 Å². The molecule has 4 aromatic rings. The van der Waals surface area contributed by atoms with Crippen molar-refractivity contribution in [2.45, 2.75) is 20.5 Å². The summed E-state index contributed by atoms with van der Waals surface area (Å²) >= 11 is 0. The Bertz CT molecular complexity index is 1270. The Morgan fingerprint density at radius 3 is 2.42 bits per heavy atom. The lowest BCUT2D eigenvalue weighted by atomic mass is 10.0. The predicted molar refractivity (Wildman–Crippen MR) is 124 cm³/mol. The standard InChI is InChI=1S/C25H25N3O3/c1-15-5-10-21-19(11-15)24(20-13-23(30-4)16(2)12-22(20)28-21)27-18-8-6-17(7-9-18)14-31-25(29)26-3/h5-13H,14H2,1-4H3,(H,26,29)(H,27,28). The Hall–Kier alpha value is -3.80. The number of hydrogen-bond acceptors (Lipinski definition) is 5. The van der Waals surface area contributed by atoms with Crippen molar-refractivity contribution in [1.82, 2.24) is 10.3 Å². The summed E-state index contributed by atoms with van der Waals surface area (Å²) in [5.74, 6) is 0.825. The van der Waals surface area contributed by atoms with Gasteiger partial charge in [-0.05, 0) is 61.4 Å². The van der Waals surface area contributed by atoms with Gasteiger partial charge in [-0.2, -0.15) is 0 Å². The van der Waals surface area contributed by atoms with Crippen LogP contribution in [-0.2, 0) is 11.3 Å². The average molecular weight is 415 g/mol. The van der Waals surface area contributed by atoms with Crippen molar-refractivity contribution >= 4 is 39.3 Å². The quantitative estimate of drug-likeness (QED) is 0.414. The summed E-state index contributed by atoms with van der Waals surface area (Å²) in [5, 5.41) is 8.06. The Morgan fingerprint density at radius 1 is 0.968 bits per heavy atom. The van der Waals surface area contributed by atoms with Gasteiger partial charge in [0.15, 0.2) is 0 Å². The second kappa shape index (κ2) is 8.52. The molecule has 31 heavy (non-hydrogen) atoms. The molecular formula is C25H25N3O3. The zero-order valence-corrected chi connectivity index (χ0v) is 18.1. The number of anilines is 2. The molecule has 0 atom stereocenters. The number of methoxy groups -OCH3 is 1. The zero-order valence-electron chi connectivity index (χ0n) is 18.1. The molecule has 6 nitrogen and oxygen atoms in total. The lowest BCUT2D eigenvalue weighted by molar-refractivity contribution is 0.142. The first-order valence-corrected chi connectivity index (χ1v) is 10.1. The van der Waals surface area contributed by atoms with Crippen molar-refractivity contribution in [3.63, 3.8) is 0 Å². The smallest absolute Gasteiger partial charge is 0.407 e. The SMILES string of the molecule is CNC(=O)OCc1ccc(Nc2c3cc(C)ccc3nc3cc(C)c(OC)cc23)cc1. The third-order valence-corrected chi connectivity index (χ3v) is 5.24. The summed E-state index contributed by atoms with van der Waals surface area (Å²) < 4.78 is 10.7. The molecule has 0 unspecified atom stereocenters. The number of carbonyl (C=O) groups excluding carboxylic acids is 1. The maximum absolute atomic E-state index is 11.3. The van der Waals surface area contributed by atoms with Crippen molar-refractivity contribution in [2.75, 3.05) is 19.5 Å². The minimum atomic E-state index is -0.448. The maximum Gasteiger partial charge on any atom is 0.407 e. The van der Waals surface area contributed by atoms with Crippen LogP contribution in [0, 0.1) is 13.8 Å². The first-order valence-electron chi connectivity index (χ1n) is 10.1. The number of benzene rings is 3. The molecule has 1 heterocycles. The van der Waals surface area contributed by atoms with E-state index < -0.39 is 6.09 Å². The number of pyridine rings is 1. The first-order chi connectivity index (χ1) is 15.0. The van der Waals surface area contributed by atoms with Crippen LogP contribution in [0.4, 0.5) is 16.2 Å². The molecule has 0 aliphatic carbocycles. The van der Waals surface area contributed by atoms with E-state index in [1.165, 1.54) is 7.05 Å². The van der Waals surface area contributed by atoms with Gasteiger partial charge in [0.25, 0.3) is 0 Å². The van der Waals surface area contributed by atoms with E-state index >= 15 is 0 Å². The summed E-state index contributed by atoms with van der Waals surface area (Å²) in [4.78, 5) is 16.2. The Kier molecular flexibility index (Phi) is 5.62. The van der Waals surface area contributed by atoms with Crippen LogP contribution in [0.1, 0.15) is 16.7 Å². The Labute approximate surface area is 181 Å². The Balaban J connectivity index is 1.77. The second-order valence-corrected chi connectivity index (χ2v) is 7.49. The number of aryl methyl sites for hydroxylation is 2. The van der Waals surface area contributed by atoms with Crippen molar-refractivity contribution in [1.29, 1.82) is 0 Å². The maximum atomic E-state index is 11.3. The fraction of sp³-hybridized carbons (Fsp3) is 0.200. The average Bonchev–Trinajstić information content (AvgIpc) is 2.78. The van der Waals surface area contributed by atoms with Crippen LogP contribution < -0.4 is 15.4 Å². The van der Waals surface area contributed by atoms with E-state index in [0.717, 1.165) is 55.6 Å². The monoisotopic (exact) mass is 415 g/mol. The molecule has 1 amide bonds. The number of aromatic nitrogens is 1. The topological polar surface area (TPSA) is 72.5 Å². The van der Waals surface area contributed by atoms with Crippen LogP contribution in [0.2, 0.25) is 0 Å². The number of ether oxygens (including phenoxy) is 2. The van der Waals surface area contributed by atoms with Crippen LogP contribution in [0.3, 0.4) is 0 Å². The van der Waals surface area contributed by atoms with Gasteiger partial charge in [0.1, 0.15) is 12.4 Å². The molecule has 6 heteroatoms. The van der Waals surface area contributed by atoms with Crippen molar-refractivity contribution in [2.24, 2.45) is 0 Å². The van der Waals surface area contributed by atoms with E-state index in [1.54, 1.807) is 7.11 Å². The van der Waals surface area contributed by atoms with Gasteiger partial charge in [-0.25, -0.2) is 9.78 Å². The fourth-order valence-corrected chi connectivity index (χ4v) is 3.59. The lowest BCUT2D eigenvalue weighted by Gasteiger charge is -2.16. The number of amides is 1. The third-order valence-electron chi connectivity index (χ3n) is 5.24. The molecule has 0 aliphatic heterocycles. The number of alkyl carbamates (subject to hydrolysis) is 1. The van der Waals surface area contributed by atoms with E-state index in [0.29, 0.717) is 0 Å². The van der Waals surface area contributed by atoms with Gasteiger partial charge in [-0.1, -0.05) is 23.8 Å². The van der Waals surface area contributed by atoms with Crippen molar-refractivity contribution < 1.29 is 14.3 Å². The molecule has 0 radical (unpaired) electrons. The predicted octanol–water partition coefficient (Wildman–Crippen LogP) is 5.61. The number of fused-ring (bicyclic) bond motifs is 2. The second-order valence-electron chi connectivity index (χ2n) is 7.49. The van der Waals surface area contributed by atoms with Gasteiger partial charge in [0.2, 0.25) is 0 Å². The molecule has 2 N–H and O–H groups in total. The van der Waals surface area contributed by atoms with Crippen molar-refractivity contribution in [3.8, 4) is 5.75 Å². The first kappa shape index (κ1) is 20.5. The van der Waals surface area contributed by atoms with Crippen LogP contribution in [0.5, 0.6) is 5.75 Å². The Morgan fingerprint density at radius 2 is 1.71 bits per heavy atom. The normalized spacial score (nSPS) is 10.8. The van der Waals surface area contributed by atoms with E-state index in [1.807, 2.05) is 43.3 Å². The molecule has 0 saturated carbocycles. The van der Waals surface area contributed by atoms with E-state index in [-0.39, 0.29) is 6.61 Å². The molecular weight excluding hydrogens is 390 g/mol. The molecule has 0 aliphatic rings.